The summed E-state index contributed by atoms with van der Waals surface area (Å²) >= 11 is -2.11. The van der Waals surface area contributed by atoms with Crippen LogP contribution in [0.25, 0.3) is 5.52 Å². The van der Waals surface area contributed by atoms with E-state index in [9.17, 15) is 22.8 Å². The minimum absolute atomic E-state index is 0.00488. The van der Waals surface area contributed by atoms with E-state index < -0.39 is 32.0 Å². The average molecular weight is 394 g/mol. The van der Waals surface area contributed by atoms with Crippen molar-refractivity contribution in [2.75, 3.05) is 13.7 Å². The fourth-order valence-electron chi connectivity index (χ4n) is 2.09. The number of halogens is 3. The number of carbonyl (C=O) groups is 2. The van der Waals surface area contributed by atoms with Gasteiger partial charge in [-0.25, -0.2) is 0 Å². The summed E-state index contributed by atoms with van der Waals surface area (Å²) in [4.78, 5) is 24.1. The van der Waals surface area contributed by atoms with E-state index in [0.29, 0.717) is 0 Å². The summed E-state index contributed by atoms with van der Waals surface area (Å²) in [6.07, 6.45) is 1.41. The first-order valence-electron chi connectivity index (χ1n) is 6.44. The molecule has 0 atom stereocenters. The van der Waals surface area contributed by atoms with Crippen LogP contribution in [0.15, 0.2) is 24.4 Å². The second-order valence-corrected chi connectivity index (χ2v) is 6.52. The van der Waals surface area contributed by atoms with E-state index in [1.54, 1.807) is 19.1 Å². The molecule has 0 aliphatic rings. The van der Waals surface area contributed by atoms with Crippen molar-refractivity contribution in [3.05, 3.63) is 35.7 Å². The Hall–Kier alpha value is -1.99. The van der Waals surface area contributed by atoms with Gasteiger partial charge in [-0.1, -0.05) is 0 Å². The van der Waals surface area contributed by atoms with Crippen molar-refractivity contribution in [2.24, 2.45) is 0 Å². The fraction of sp³-hybridized carbons (Fsp3) is 0.286. The third-order valence-electron chi connectivity index (χ3n) is 2.88. The van der Waals surface area contributed by atoms with Gasteiger partial charge in [-0.05, 0) is 0 Å². The maximum absolute atomic E-state index is 13.0. The normalized spacial score (nSPS) is 11.5. The fourth-order valence-corrected chi connectivity index (χ4v) is 3.77. The molecule has 0 aliphatic heterocycles. The summed E-state index contributed by atoms with van der Waals surface area (Å²) in [5.41, 5.74) is -0.378. The van der Waals surface area contributed by atoms with Crippen molar-refractivity contribution in [1.82, 2.24) is 4.40 Å². The second-order valence-electron chi connectivity index (χ2n) is 4.27. The molecule has 0 radical (unpaired) electrons. The van der Waals surface area contributed by atoms with Crippen LogP contribution in [0.3, 0.4) is 0 Å². The van der Waals surface area contributed by atoms with E-state index in [1.165, 1.54) is 16.7 Å². The molecule has 2 aromatic heterocycles. The molecular formula is C14H12F3NO4Se. The molecule has 124 valence electrons. The summed E-state index contributed by atoms with van der Waals surface area (Å²) in [6.45, 7) is 1.55. The number of methoxy groups -OCH3 is 1. The van der Waals surface area contributed by atoms with Crippen molar-refractivity contribution in [3.8, 4) is 0 Å². The number of nitrogens with zero attached hydrogens (tertiary/aromatic N) is 1. The van der Waals surface area contributed by atoms with Gasteiger partial charge < -0.3 is 0 Å². The molecule has 0 N–H and O–H groups in total. The van der Waals surface area contributed by atoms with Crippen LogP contribution in [0.1, 0.15) is 27.8 Å². The standard InChI is InChI=1S/C14H12F3NO4Se/c1-3-22-13(20)10-11(23-14(15,16)17)9(12(19)21-2)8-6-4-5-7-18(8)10/h4-7H,3H2,1-2H3. The first kappa shape index (κ1) is 17.4. The SMILES string of the molecule is CCOC(=O)c1c([Se]C(F)(F)F)c(C(=O)OC)c2ccccn12. The summed E-state index contributed by atoms with van der Waals surface area (Å²) in [6, 6.07) is 4.55. The second kappa shape index (κ2) is 6.64. The van der Waals surface area contributed by atoms with Crippen LogP contribution < -0.4 is 4.46 Å². The number of aromatic nitrogens is 1. The Morgan fingerprint density at radius 1 is 1.26 bits per heavy atom. The van der Waals surface area contributed by atoms with Crippen LogP contribution in [0, 0.1) is 0 Å². The van der Waals surface area contributed by atoms with Gasteiger partial charge in [-0.2, -0.15) is 0 Å². The number of hydrogen-bond donors (Lipinski definition) is 0. The van der Waals surface area contributed by atoms with Gasteiger partial charge in [0.05, 0.1) is 0 Å². The molecule has 2 rings (SSSR count). The Bertz CT molecular complexity index is 754. The molecule has 2 heterocycles. The molecule has 0 bridgehead atoms. The molecule has 0 saturated carbocycles. The molecule has 0 saturated heterocycles. The molecule has 0 fully saturated rings. The van der Waals surface area contributed by atoms with Crippen LogP contribution in [-0.4, -0.2) is 50.1 Å². The Morgan fingerprint density at radius 2 is 1.96 bits per heavy atom. The molecule has 0 amide bonds. The van der Waals surface area contributed by atoms with Crippen LogP contribution in [-0.2, 0) is 9.47 Å². The van der Waals surface area contributed by atoms with Crippen molar-refractivity contribution in [1.29, 1.82) is 0 Å². The molecule has 0 aliphatic carbocycles. The maximum atomic E-state index is 13.0. The predicted octanol–water partition coefficient (Wildman–Crippen LogP) is 1.75. The number of pyridine rings is 1. The van der Waals surface area contributed by atoms with Crippen molar-refractivity contribution in [3.63, 3.8) is 0 Å². The van der Waals surface area contributed by atoms with E-state index in [2.05, 4.69) is 4.74 Å². The van der Waals surface area contributed by atoms with Crippen LogP contribution in [0.2, 0.25) is 0 Å². The molecule has 0 aromatic carbocycles. The third kappa shape index (κ3) is 3.51. The summed E-state index contributed by atoms with van der Waals surface area (Å²) in [5.74, 6) is -1.84. The van der Waals surface area contributed by atoms with E-state index in [1.807, 2.05) is 0 Å². The number of alkyl halides is 3. The van der Waals surface area contributed by atoms with Crippen LogP contribution in [0.4, 0.5) is 13.2 Å². The van der Waals surface area contributed by atoms with Gasteiger partial charge in [0.15, 0.2) is 0 Å². The van der Waals surface area contributed by atoms with Gasteiger partial charge in [0.25, 0.3) is 0 Å². The molecule has 0 spiro atoms. The topological polar surface area (TPSA) is 57.0 Å². The zero-order chi connectivity index (χ0) is 17.2. The molecule has 23 heavy (non-hydrogen) atoms. The third-order valence-corrected chi connectivity index (χ3v) is 4.62. The molecule has 0 unspecified atom stereocenters. The molecule has 9 heteroatoms. The van der Waals surface area contributed by atoms with Crippen molar-refractivity contribution >= 4 is 36.9 Å². The number of esters is 2. The first-order chi connectivity index (χ1) is 10.8. The Kier molecular flexibility index (Phi) is 5.01. The van der Waals surface area contributed by atoms with Crippen molar-refractivity contribution < 1.29 is 32.2 Å². The van der Waals surface area contributed by atoms with Gasteiger partial charge in [-0.3, -0.25) is 0 Å². The van der Waals surface area contributed by atoms with E-state index in [-0.39, 0.29) is 27.8 Å². The van der Waals surface area contributed by atoms with Gasteiger partial charge in [0, 0.05) is 0 Å². The number of ether oxygens (including phenoxy) is 2. The minimum atomic E-state index is -4.54. The van der Waals surface area contributed by atoms with Crippen molar-refractivity contribution in [2.45, 2.75) is 12.0 Å². The summed E-state index contributed by atoms with van der Waals surface area (Å²) in [5, 5.41) is -4.54. The van der Waals surface area contributed by atoms with E-state index in [4.69, 9.17) is 4.74 Å². The van der Waals surface area contributed by atoms with Crippen LogP contribution >= 0.6 is 0 Å². The Morgan fingerprint density at radius 3 is 2.52 bits per heavy atom. The summed E-state index contributed by atoms with van der Waals surface area (Å²) in [7, 11) is 1.07. The number of rotatable bonds is 4. The summed E-state index contributed by atoms with van der Waals surface area (Å²) < 4.78 is 49.2. The zero-order valence-electron chi connectivity index (χ0n) is 12.1. The monoisotopic (exact) mass is 395 g/mol. The molecule has 2 aromatic rings. The number of hydrogen-bond acceptors (Lipinski definition) is 4. The Balaban J connectivity index is 2.81. The predicted molar refractivity (Wildman–Crippen MR) is 76.1 cm³/mol. The van der Waals surface area contributed by atoms with Gasteiger partial charge in [-0.15, -0.1) is 0 Å². The number of fused-ring (bicyclic) bond motifs is 1. The van der Waals surface area contributed by atoms with Gasteiger partial charge in [0.2, 0.25) is 0 Å². The van der Waals surface area contributed by atoms with Crippen LogP contribution in [0.5, 0.6) is 0 Å². The van der Waals surface area contributed by atoms with Gasteiger partial charge >= 0.3 is 135 Å². The molecule has 5 nitrogen and oxygen atoms in total. The van der Waals surface area contributed by atoms with Gasteiger partial charge in [0.1, 0.15) is 0 Å². The Labute approximate surface area is 135 Å². The average Bonchev–Trinajstić information content (AvgIpc) is 2.78. The number of carbonyl (C=O) groups excluding carboxylic acids is 2. The zero-order valence-corrected chi connectivity index (χ0v) is 13.9. The first-order valence-corrected chi connectivity index (χ1v) is 8.15. The van der Waals surface area contributed by atoms with E-state index >= 15 is 0 Å². The quantitative estimate of drug-likeness (QED) is 0.586. The van der Waals surface area contributed by atoms with E-state index in [0.717, 1.165) is 7.11 Å². The molecular weight excluding hydrogens is 382 g/mol.